The van der Waals surface area contributed by atoms with Crippen molar-refractivity contribution in [3.05, 3.63) is 70.8 Å². The van der Waals surface area contributed by atoms with E-state index < -0.39 is 0 Å². The Morgan fingerprint density at radius 2 is 1.97 bits per heavy atom. The third-order valence-corrected chi connectivity index (χ3v) is 6.04. The highest BCUT2D eigenvalue weighted by atomic mass is 32.2. The Balaban J connectivity index is 1.25. The molecule has 0 atom stereocenters. The molecule has 2 N–H and O–H groups in total. The van der Waals surface area contributed by atoms with Crippen LogP contribution in [0.3, 0.4) is 0 Å². The van der Waals surface area contributed by atoms with Gasteiger partial charge in [0.05, 0.1) is 12.0 Å². The molecular formula is C24H23N3O4S. The molecule has 1 fully saturated rings. The highest BCUT2D eigenvalue weighted by Gasteiger charge is 2.34. The van der Waals surface area contributed by atoms with Crippen LogP contribution in [-0.4, -0.2) is 47.1 Å². The Bertz CT molecular complexity index is 1190. The van der Waals surface area contributed by atoms with E-state index in [0.717, 1.165) is 44.6 Å². The van der Waals surface area contributed by atoms with Crippen LogP contribution in [0.4, 0.5) is 4.79 Å². The van der Waals surface area contributed by atoms with Gasteiger partial charge in [0.1, 0.15) is 5.75 Å². The summed E-state index contributed by atoms with van der Waals surface area (Å²) in [5.41, 5.74) is 2.84. The molecule has 32 heavy (non-hydrogen) atoms. The van der Waals surface area contributed by atoms with Crippen LogP contribution >= 0.6 is 11.8 Å². The van der Waals surface area contributed by atoms with Gasteiger partial charge in [0.15, 0.2) is 0 Å². The summed E-state index contributed by atoms with van der Waals surface area (Å²) in [5, 5.41) is 3.58. The number of amides is 3. The number of hydrogen-bond acceptors (Lipinski definition) is 5. The predicted molar refractivity (Wildman–Crippen MR) is 125 cm³/mol. The monoisotopic (exact) mass is 449 g/mol. The zero-order valence-corrected chi connectivity index (χ0v) is 18.4. The van der Waals surface area contributed by atoms with E-state index in [4.69, 9.17) is 4.74 Å². The Labute approximate surface area is 189 Å². The first-order chi connectivity index (χ1) is 15.5. The summed E-state index contributed by atoms with van der Waals surface area (Å²) in [6.45, 7) is 0.521. The number of hydrogen-bond donors (Lipinski definition) is 2. The van der Waals surface area contributed by atoms with Crippen molar-refractivity contribution in [3.63, 3.8) is 0 Å². The number of carbonyl (C=O) groups is 3. The molecule has 0 saturated carbocycles. The maximum Gasteiger partial charge on any atom is 0.293 e. The van der Waals surface area contributed by atoms with Crippen LogP contribution in [0.15, 0.2) is 59.5 Å². The number of H-pyrrole nitrogens is 1. The fraction of sp³-hybridized carbons (Fsp3) is 0.208. The molecule has 0 radical (unpaired) electrons. The molecule has 3 amide bonds. The van der Waals surface area contributed by atoms with Crippen molar-refractivity contribution in [2.75, 3.05) is 20.2 Å². The van der Waals surface area contributed by atoms with Crippen LogP contribution in [0.5, 0.6) is 5.75 Å². The average Bonchev–Trinajstić information content (AvgIpc) is 3.32. The van der Waals surface area contributed by atoms with Crippen LogP contribution in [0.25, 0.3) is 17.0 Å². The van der Waals surface area contributed by atoms with Crippen LogP contribution in [0.2, 0.25) is 0 Å². The van der Waals surface area contributed by atoms with Crippen molar-refractivity contribution >= 4 is 45.8 Å². The minimum atomic E-state index is -0.356. The second kappa shape index (κ2) is 9.74. The number of ether oxygens (including phenoxy) is 1. The summed E-state index contributed by atoms with van der Waals surface area (Å²) >= 11 is 0.902. The van der Waals surface area contributed by atoms with E-state index in [1.807, 2.05) is 54.6 Å². The number of methoxy groups -OCH3 is 1. The lowest BCUT2D eigenvalue weighted by Gasteiger charge is -2.12. The van der Waals surface area contributed by atoms with Gasteiger partial charge in [0.25, 0.3) is 11.1 Å². The van der Waals surface area contributed by atoms with Crippen molar-refractivity contribution in [1.29, 1.82) is 0 Å². The summed E-state index contributed by atoms with van der Waals surface area (Å²) in [6, 6.07) is 17.2. The van der Waals surface area contributed by atoms with E-state index in [2.05, 4.69) is 10.3 Å². The standard InChI is InChI=1S/C24H23N3O4S/c1-31-19-8-7-17-14-18(26-20(17)15-19)9-11-25-22(28)10-12-27-23(29)21(32-24(27)30)13-16-5-3-2-4-6-16/h2-8,13-15,26H,9-12H2,1H3,(H,25,28). The van der Waals surface area contributed by atoms with E-state index in [1.165, 1.54) is 0 Å². The summed E-state index contributed by atoms with van der Waals surface area (Å²) in [5.74, 6) is 0.226. The van der Waals surface area contributed by atoms with Gasteiger partial charge in [-0.3, -0.25) is 19.3 Å². The Hall–Kier alpha value is -3.52. The van der Waals surface area contributed by atoms with Gasteiger partial charge in [-0.2, -0.15) is 0 Å². The molecule has 8 heteroatoms. The largest absolute Gasteiger partial charge is 0.497 e. The normalized spacial score (nSPS) is 15.0. The predicted octanol–water partition coefficient (Wildman–Crippen LogP) is 3.96. The molecule has 0 spiro atoms. The van der Waals surface area contributed by atoms with Crippen molar-refractivity contribution in [2.24, 2.45) is 0 Å². The molecule has 2 heterocycles. The molecule has 1 aliphatic rings. The third-order valence-electron chi connectivity index (χ3n) is 5.14. The number of thioether (sulfide) groups is 1. The smallest absolute Gasteiger partial charge is 0.293 e. The SMILES string of the molecule is COc1ccc2cc(CCNC(=O)CCN3C(=O)SC(=Cc4ccccc4)C3=O)[nH]c2c1. The zero-order chi connectivity index (χ0) is 22.5. The Morgan fingerprint density at radius 3 is 2.75 bits per heavy atom. The number of fused-ring (bicyclic) bond motifs is 1. The van der Waals surface area contributed by atoms with Gasteiger partial charge in [-0.15, -0.1) is 0 Å². The number of rotatable bonds is 8. The quantitative estimate of drug-likeness (QED) is 0.508. The fourth-order valence-corrected chi connectivity index (χ4v) is 4.32. The van der Waals surface area contributed by atoms with Gasteiger partial charge in [-0.05, 0) is 47.0 Å². The van der Waals surface area contributed by atoms with E-state index in [9.17, 15) is 14.4 Å². The first-order valence-corrected chi connectivity index (χ1v) is 11.1. The van der Waals surface area contributed by atoms with Gasteiger partial charge in [-0.25, -0.2) is 0 Å². The molecule has 4 rings (SSSR count). The molecule has 1 aromatic heterocycles. The number of carbonyl (C=O) groups excluding carboxylic acids is 3. The molecule has 0 bridgehead atoms. The Kier molecular flexibility index (Phi) is 6.61. The molecule has 0 unspecified atom stereocenters. The molecule has 164 valence electrons. The molecular weight excluding hydrogens is 426 g/mol. The van der Waals surface area contributed by atoms with Crippen LogP contribution in [0, 0.1) is 0 Å². The van der Waals surface area contributed by atoms with E-state index in [0.29, 0.717) is 17.9 Å². The lowest BCUT2D eigenvalue weighted by atomic mass is 10.2. The van der Waals surface area contributed by atoms with Crippen molar-refractivity contribution in [3.8, 4) is 5.75 Å². The van der Waals surface area contributed by atoms with Crippen molar-refractivity contribution in [2.45, 2.75) is 12.8 Å². The third kappa shape index (κ3) is 5.03. The Morgan fingerprint density at radius 1 is 1.16 bits per heavy atom. The molecule has 0 aliphatic carbocycles. The van der Waals surface area contributed by atoms with Gasteiger partial charge in [0, 0.05) is 43.2 Å². The van der Waals surface area contributed by atoms with E-state index in [-0.39, 0.29) is 30.0 Å². The molecule has 1 saturated heterocycles. The minimum Gasteiger partial charge on any atom is -0.497 e. The number of benzene rings is 2. The van der Waals surface area contributed by atoms with Crippen LogP contribution in [-0.2, 0) is 16.0 Å². The lowest BCUT2D eigenvalue weighted by molar-refractivity contribution is -0.124. The maximum atomic E-state index is 12.5. The first kappa shape index (κ1) is 21.7. The minimum absolute atomic E-state index is 0.0643. The molecule has 1 aliphatic heterocycles. The van der Waals surface area contributed by atoms with Crippen molar-refractivity contribution in [1.82, 2.24) is 15.2 Å². The van der Waals surface area contributed by atoms with Crippen LogP contribution in [0.1, 0.15) is 17.7 Å². The van der Waals surface area contributed by atoms with Gasteiger partial charge in [0.2, 0.25) is 5.91 Å². The summed E-state index contributed by atoms with van der Waals surface area (Å²) in [4.78, 5) is 41.8. The molecule has 3 aromatic rings. The van der Waals surface area contributed by atoms with Crippen molar-refractivity contribution < 1.29 is 19.1 Å². The highest BCUT2D eigenvalue weighted by molar-refractivity contribution is 8.18. The summed E-state index contributed by atoms with van der Waals surface area (Å²) in [7, 11) is 1.63. The average molecular weight is 450 g/mol. The summed E-state index contributed by atoms with van der Waals surface area (Å²) in [6.07, 6.45) is 2.41. The topological polar surface area (TPSA) is 91.5 Å². The second-order valence-electron chi connectivity index (χ2n) is 7.34. The molecule has 7 nitrogen and oxygen atoms in total. The number of nitrogens with one attached hydrogen (secondary N) is 2. The van der Waals surface area contributed by atoms with E-state index in [1.54, 1.807) is 13.2 Å². The maximum absolute atomic E-state index is 12.5. The summed E-state index contributed by atoms with van der Waals surface area (Å²) < 4.78 is 5.23. The van der Waals surface area contributed by atoms with Crippen LogP contribution < -0.4 is 10.1 Å². The number of nitrogens with zero attached hydrogens (tertiary/aromatic N) is 1. The van der Waals surface area contributed by atoms with E-state index >= 15 is 0 Å². The van der Waals surface area contributed by atoms with Gasteiger partial charge >= 0.3 is 0 Å². The number of aromatic amines is 1. The first-order valence-electron chi connectivity index (χ1n) is 10.3. The fourth-order valence-electron chi connectivity index (χ4n) is 3.46. The zero-order valence-electron chi connectivity index (χ0n) is 17.6. The van der Waals surface area contributed by atoms with Gasteiger partial charge in [-0.1, -0.05) is 30.3 Å². The second-order valence-corrected chi connectivity index (χ2v) is 8.33. The number of aromatic nitrogens is 1. The highest BCUT2D eigenvalue weighted by Crippen LogP contribution is 2.32. The van der Waals surface area contributed by atoms with Gasteiger partial charge < -0.3 is 15.0 Å². The number of imide groups is 1. The molecule has 2 aromatic carbocycles. The lowest BCUT2D eigenvalue weighted by Crippen LogP contribution is -2.34.